The molecule has 4 N–H and O–H groups in total. The van der Waals surface area contributed by atoms with E-state index in [1.54, 1.807) is 0 Å². The zero-order chi connectivity index (χ0) is 19.7. The minimum absolute atomic E-state index is 0.804. The van der Waals surface area contributed by atoms with Crippen molar-refractivity contribution >= 4 is 11.4 Å². The molecule has 2 nitrogen and oxygen atoms in total. The van der Waals surface area contributed by atoms with Gasteiger partial charge >= 0.3 is 0 Å². The van der Waals surface area contributed by atoms with Crippen LogP contribution in [0.4, 0.5) is 11.4 Å². The van der Waals surface area contributed by atoms with E-state index in [-0.39, 0.29) is 0 Å². The third-order valence-electron chi connectivity index (χ3n) is 5.37. The molecule has 0 bridgehead atoms. The second-order valence-electron chi connectivity index (χ2n) is 7.22. The van der Waals surface area contributed by atoms with E-state index in [0.29, 0.717) is 0 Å². The zero-order valence-electron chi connectivity index (χ0n) is 16.2. The van der Waals surface area contributed by atoms with Crippen LogP contribution in [-0.2, 0) is 0 Å². The van der Waals surface area contributed by atoms with Gasteiger partial charge in [-0.15, -0.1) is 0 Å². The molecule has 0 saturated carbocycles. The third kappa shape index (κ3) is 3.25. The molecular formula is C26H24N2. The van der Waals surface area contributed by atoms with Crippen LogP contribution in [0.2, 0.25) is 0 Å². The molecule has 28 heavy (non-hydrogen) atoms. The van der Waals surface area contributed by atoms with Gasteiger partial charge in [-0.2, -0.15) is 0 Å². The molecule has 0 aromatic heterocycles. The van der Waals surface area contributed by atoms with Crippen LogP contribution in [0.15, 0.2) is 84.9 Å². The fraction of sp³-hybridized carbons (Fsp3) is 0.0769. The van der Waals surface area contributed by atoms with Crippen molar-refractivity contribution in [3.63, 3.8) is 0 Å². The van der Waals surface area contributed by atoms with Gasteiger partial charge in [0.15, 0.2) is 0 Å². The van der Waals surface area contributed by atoms with Gasteiger partial charge in [0.1, 0.15) is 0 Å². The van der Waals surface area contributed by atoms with E-state index < -0.39 is 0 Å². The first kappa shape index (κ1) is 17.9. The van der Waals surface area contributed by atoms with Crippen molar-refractivity contribution in [2.24, 2.45) is 0 Å². The average molecular weight is 364 g/mol. The van der Waals surface area contributed by atoms with E-state index >= 15 is 0 Å². The van der Waals surface area contributed by atoms with Gasteiger partial charge in [-0.25, -0.2) is 0 Å². The smallest absolute Gasteiger partial charge is 0.0350 e. The van der Waals surface area contributed by atoms with Gasteiger partial charge in [0.2, 0.25) is 0 Å². The Hall–Kier alpha value is -3.52. The van der Waals surface area contributed by atoms with Crippen molar-refractivity contribution in [3.05, 3.63) is 96.1 Å². The van der Waals surface area contributed by atoms with Crippen LogP contribution in [0.25, 0.3) is 33.4 Å². The second-order valence-corrected chi connectivity index (χ2v) is 7.22. The standard InChI is InChI=1S/C26H24N2/c1-17-16-22(12-14-24(17)27)23-13-15-25(28)18(2)26(23)21-10-8-20(9-11-21)19-6-4-3-5-7-19/h3-16H,27-28H2,1-2H3. The van der Waals surface area contributed by atoms with Crippen molar-refractivity contribution in [2.75, 3.05) is 11.5 Å². The average Bonchev–Trinajstić information content (AvgIpc) is 2.73. The highest BCUT2D eigenvalue weighted by Gasteiger charge is 2.13. The van der Waals surface area contributed by atoms with Gasteiger partial charge in [-0.1, -0.05) is 66.7 Å². The number of anilines is 2. The summed E-state index contributed by atoms with van der Waals surface area (Å²) >= 11 is 0. The quantitative estimate of drug-likeness (QED) is 0.409. The van der Waals surface area contributed by atoms with Crippen LogP contribution in [0.1, 0.15) is 11.1 Å². The number of nitrogens with two attached hydrogens (primary N) is 2. The van der Waals surface area contributed by atoms with E-state index in [0.717, 1.165) is 33.6 Å². The number of nitrogen functional groups attached to an aromatic ring is 2. The summed E-state index contributed by atoms with van der Waals surface area (Å²) in [6.07, 6.45) is 0. The molecule has 4 aromatic rings. The Morgan fingerprint density at radius 1 is 0.536 bits per heavy atom. The van der Waals surface area contributed by atoms with Gasteiger partial charge in [0.05, 0.1) is 0 Å². The van der Waals surface area contributed by atoms with Crippen molar-refractivity contribution in [3.8, 4) is 33.4 Å². The highest BCUT2D eigenvalue weighted by molar-refractivity contribution is 5.89. The van der Waals surface area contributed by atoms with Crippen LogP contribution in [-0.4, -0.2) is 0 Å². The van der Waals surface area contributed by atoms with Gasteiger partial charge in [0.25, 0.3) is 0 Å². The molecule has 0 atom stereocenters. The number of hydrogen-bond donors (Lipinski definition) is 2. The number of aryl methyl sites for hydroxylation is 1. The molecule has 4 rings (SSSR count). The normalized spacial score (nSPS) is 10.8. The summed E-state index contributed by atoms with van der Waals surface area (Å²) in [5.41, 5.74) is 23.1. The Morgan fingerprint density at radius 3 is 1.79 bits per heavy atom. The Balaban J connectivity index is 1.85. The number of rotatable bonds is 3. The van der Waals surface area contributed by atoms with Crippen LogP contribution >= 0.6 is 0 Å². The molecule has 2 heteroatoms. The molecule has 0 aliphatic rings. The lowest BCUT2D eigenvalue weighted by molar-refractivity contribution is 1.43. The lowest BCUT2D eigenvalue weighted by atomic mass is 9.89. The van der Waals surface area contributed by atoms with Crippen LogP contribution in [0.3, 0.4) is 0 Å². The summed E-state index contributed by atoms with van der Waals surface area (Å²) in [5.74, 6) is 0. The van der Waals surface area contributed by atoms with Gasteiger partial charge in [0, 0.05) is 11.4 Å². The fourth-order valence-corrected chi connectivity index (χ4v) is 3.64. The molecule has 0 aliphatic heterocycles. The molecule has 0 amide bonds. The molecule has 0 aliphatic carbocycles. The second kappa shape index (κ2) is 7.24. The first-order valence-corrected chi connectivity index (χ1v) is 9.46. The van der Waals surface area contributed by atoms with Crippen molar-refractivity contribution < 1.29 is 0 Å². The maximum absolute atomic E-state index is 6.26. The maximum atomic E-state index is 6.26. The number of hydrogen-bond acceptors (Lipinski definition) is 2. The molecule has 0 radical (unpaired) electrons. The van der Waals surface area contributed by atoms with E-state index in [1.165, 1.54) is 22.3 Å². The summed E-state index contributed by atoms with van der Waals surface area (Å²) in [4.78, 5) is 0. The predicted octanol–water partition coefficient (Wildman–Crippen LogP) is 6.47. The first-order valence-electron chi connectivity index (χ1n) is 9.46. The van der Waals surface area contributed by atoms with Crippen LogP contribution in [0.5, 0.6) is 0 Å². The van der Waals surface area contributed by atoms with Crippen molar-refractivity contribution in [1.29, 1.82) is 0 Å². The van der Waals surface area contributed by atoms with Crippen molar-refractivity contribution in [1.82, 2.24) is 0 Å². The Bertz CT molecular complexity index is 1130. The van der Waals surface area contributed by atoms with E-state index in [9.17, 15) is 0 Å². The monoisotopic (exact) mass is 364 g/mol. The summed E-state index contributed by atoms with van der Waals surface area (Å²) in [7, 11) is 0. The minimum Gasteiger partial charge on any atom is -0.399 e. The highest BCUT2D eigenvalue weighted by atomic mass is 14.6. The lowest BCUT2D eigenvalue weighted by Crippen LogP contribution is -1.96. The maximum Gasteiger partial charge on any atom is 0.0350 e. The molecule has 4 aromatic carbocycles. The van der Waals surface area contributed by atoms with Crippen LogP contribution in [0, 0.1) is 13.8 Å². The van der Waals surface area contributed by atoms with Crippen molar-refractivity contribution in [2.45, 2.75) is 13.8 Å². The first-order chi connectivity index (χ1) is 13.5. The largest absolute Gasteiger partial charge is 0.399 e. The van der Waals surface area contributed by atoms with Gasteiger partial charge in [-0.05, 0) is 76.6 Å². The Kier molecular flexibility index (Phi) is 4.62. The summed E-state index contributed by atoms with van der Waals surface area (Å²) in [5, 5.41) is 0. The van der Waals surface area contributed by atoms with E-state index in [1.807, 2.05) is 25.1 Å². The van der Waals surface area contributed by atoms with E-state index in [2.05, 4.69) is 73.7 Å². The zero-order valence-corrected chi connectivity index (χ0v) is 16.2. The molecular weight excluding hydrogens is 340 g/mol. The SMILES string of the molecule is Cc1cc(-c2ccc(N)c(C)c2-c2ccc(-c3ccccc3)cc2)ccc1N. The lowest BCUT2D eigenvalue weighted by Gasteiger charge is -2.17. The summed E-state index contributed by atoms with van der Waals surface area (Å²) in [6.45, 7) is 4.13. The molecule has 0 saturated heterocycles. The van der Waals surface area contributed by atoms with Crippen LogP contribution < -0.4 is 11.5 Å². The predicted molar refractivity (Wildman–Crippen MR) is 121 cm³/mol. The van der Waals surface area contributed by atoms with Gasteiger partial charge in [-0.3, -0.25) is 0 Å². The number of benzene rings is 4. The molecule has 0 heterocycles. The topological polar surface area (TPSA) is 52.0 Å². The van der Waals surface area contributed by atoms with E-state index in [4.69, 9.17) is 11.5 Å². The molecule has 0 unspecified atom stereocenters. The fourth-order valence-electron chi connectivity index (χ4n) is 3.64. The molecule has 0 fully saturated rings. The molecule has 0 spiro atoms. The highest BCUT2D eigenvalue weighted by Crippen LogP contribution is 2.38. The summed E-state index contributed by atoms with van der Waals surface area (Å²) < 4.78 is 0. The third-order valence-corrected chi connectivity index (χ3v) is 5.37. The minimum atomic E-state index is 0.804. The summed E-state index contributed by atoms with van der Waals surface area (Å²) in [6, 6.07) is 29.4. The molecule has 138 valence electrons. The van der Waals surface area contributed by atoms with Gasteiger partial charge < -0.3 is 11.5 Å². The Labute approximate surface area is 166 Å². The Morgan fingerprint density at radius 2 is 1.11 bits per heavy atom.